The molecule has 1 fully saturated rings. The van der Waals surface area contributed by atoms with Crippen LogP contribution in [0.2, 0.25) is 0 Å². The van der Waals surface area contributed by atoms with Gasteiger partial charge in [-0.1, -0.05) is 23.1 Å². The first-order valence-corrected chi connectivity index (χ1v) is 7.27. The van der Waals surface area contributed by atoms with Crippen molar-refractivity contribution in [2.45, 2.75) is 24.3 Å². The molecule has 17 heavy (non-hydrogen) atoms. The minimum atomic E-state index is 0.140. The van der Waals surface area contributed by atoms with Gasteiger partial charge in [0.25, 0.3) is 0 Å². The summed E-state index contributed by atoms with van der Waals surface area (Å²) in [5.41, 5.74) is 0. The molecule has 94 valence electrons. The average Bonchev–Trinajstić information content (AvgIpc) is 2.72. The molecular weight excluding hydrogens is 258 g/mol. The van der Waals surface area contributed by atoms with Crippen LogP contribution in [-0.4, -0.2) is 52.6 Å². The molecule has 0 bridgehead atoms. The molecule has 1 aromatic heterocycles. The number of ether oxygens (including phenoxy) is 1. The summed E-state index contributed by atoms with van der Waals surface area (Å²) < 4.78 is 6.26. The third kappa shape index (κ3) is 3.65. The largest absolute Gasteiger partial charge is 0.375 e. The molecule has 0 radical (unpaired) electrons. The molecule has 1 aliphatic heterocycles. The van der Waals surface area contributed by atoms with Gasteiger partial charge in [-0.2, -0.15) is 0 Å². The van der Waals surface area contributed by atoms with Gasteiger partial charge in [0.15, 0.2) is 4.34 Å². The summed E-state index contributed by atoms with van der Waals surface area (Å²) in [4.78, 5) is 13.8. The van der Waals surface area contributed by atoms with Gasteiger partial charge in [-0.05, 0) is 13.8 Å². The lowest BCUT2D eigenvalue weighted by atomic mass is 10.3. The van der Waals surface area contributed by atoms with Gasteiger partial charge >= 0.3 is 0 Å². The van der Waals surface area contributed by atoms with Crippen molar-refractivity contribution >= 4 is 29.0 Å². The van der Waals surface area contributed by atoms with Gasteiger partial charge in [-0.3, -0.25) is 4.79 Å². The summed E-state index contributed by atoms with van der Waals surface area (Å²) in [6, 6.07) is 0. The minimum Gasteiger partial charge on any atom is -0.375 e. The second-order valence-corrected chi connectivity index (χ2v) is 6.30. The highest BCUT2D eigenvalue weighted by atomic mass is 32.2. The highest BCUT2D eigenvalue weighted by molar-refractivity contribution is 8.01. The van der Waals surface area contributed by atoms with E-state index in [-0.39, 0.29) is 12.0 Å². The highest BCUT2D eigenvalue weighted by Crippen LogP contribution is 2.22. The van der Waals surface area contributed by atoms with E-state index in [1.165, 1.54) is 23.1 Å². The number of carbonyl (C=O) groups excluding carboxylic acids is 1. The van der Waals surface area contributed by atoms with Crippen molar-refractivity contribution < 1.29 is 9.53 Å². The maximum atomic E-state index is 11.9. The lowest BCUT2D eigenvalue weighted by Crippen LogP contribution is -2.45. The topological polar surface area (TPSA) is 55.3 Å². The molecular formula is C10H15N3O2S2. The molecule has 0 aromatic carbocycles. The van der Waals surface area contributed by atoms with E-state index < -0.39 is 0 Å². The Morgan fingerprint density at radius 1 is 1.65 bits per heavy atom. The van der Waals surface area contributed by atoms with Crippen LogP contribution in [0.3, 0.4) is 0 Å². The molecule has 1 amide bonds. The maximum Gasteiger partial charge on any atom is 0.233 e. The summed E-state index contributed by atoms with van der Waals surface area (Å²) in [6.07, 6.45) is 0.140. The van der Waals surface area contributed by atoms with Crippen LogP contribution in [0.5, 0.6) is 0 Å². The van der Waals surface area contributed by atoms with Crippen LogP contribution in [0.4, 0.5) is 0 Å². The Hall–Kier alpha value is -0.660. The number of amides is 1. The standard InChI is InChI=1S/C10H15N3O2S2/c1-7-5-13(3-4-15-7)9(14)6-16-10-12-11-8(2)17-10/h7H,3-6H2,1-2H3. The number of aryl methyl sites for hydroxylation is 1. The molecule has 1 aliphatic rings. The van der Waals surface area contributed by atoms with Gasteiger partial charge in [0, 0.05) is 13.1 Å². The molecule has 1 atom stereocenters. The van der Waals surface area contributed by atoms with Crippen molar-refractivity contribution in [2.75, 3.05) is 25.4 Å². The van der Waals surface area contributed by atoms with Crippen molar-refractivity contribution in [3.63, 3.8) is 0 Å². The van der Waals surface area contributed by atoms with E-state index in [0.717, 1.165) is 9.35 Å². The van der Waals surface area contributed by atoms with Gasteiger partial charge in [-0.25, -0.2) is 0 Å². The summed E-state index contributed by atoms with van der Waals surface area (Å²) in [6.45, 7) is 5.91. The third-order valence-electron chi connectivity index (χ3n) is 2.42. The molecule has 1 aromatic rings. The van der Waals surface area contributed by atoms with Crippen LogP contribution in [0.1, 0.15) is 11.9 Å². The first kappa shape index (κ1) is 12.8. The normalized spacial score (nSPS) is 20.6. The predicted molar refractivity (Wildman–Crippen MR) is 67.4 cm³/mol. The quantitative estimate of drug-likeness (QED) is 0.774. The van der Waals surface area contributed by atoms with E-state index >= 15 is 0 Å². The number of aromatic nitrogens is 2. The Morgan fingerprint density at radius 3 is 3.12 bits per heavy atom. The number of hydrogen-bond acceptors (Lipinski definition) is 6. The van der Waals surface area contributed by atoms with Crippen molar-refractivity contribution in [2.24, 2.45) is 0 Å². The molecule has 2 heterocycles. The monoisotopic (exact) mass is 273 g/mol. The predicted octanol–water partition coefficient (Wildman–Crippen LogP) is 1.19. The lowest BCUT2D eigenvalue weighted by Gasteiger charge is -2.31. The fourth-order valence-electron chi connectivity index (χ4n) is 1.60. The van der Waals surface area contributed by atoms with Gasteiger partial charge in [0.05, 0.1) is 18.5 Å². The van der Waals surface area contributed by atoms with Crippen molar-refractivity contribution in [3.05, 3.63) is 5.01 Å². The third-order valence-corrected chi connectivity index (χ3v) is 4.38. The molecule has 0 N–H and O–H groups in total. The molecule has 7 heteroatoms. The second-order valence-electron chi connectivity index (χ2n) is 3.90. The summed E-state index contributed by atoms with van der Waals surface area (Å²) in [7, 11) is 0. The van der Waals surface area contributed by atoms with Crippen LogP contribution < -0.4 is 0 Å². The number of hydrogen-bond donors (Lipinski definition) is 0. The molecule has 1 saturated heterocycles. The summed E-state index contributed by atoms with van der Waals surface area (Å²) in [5, 5.41) is 8.84. The van der Waals surface area contributed by atoms with Gasteiger partial charge in [-0.15, -0.1) is 10.2 Å². The zero-order valence-corrected chi connectivity index (χ0v) is 11.5. The lowest BCUT2D eigenvalue weighted by molar-refractivity contribution is -0.135. The van der Waals surface area contributed by atoms with Crippen LogP contribution in [0.25, 0.3) is 0 Å². The van der Waals surface area contributed by atoms with E-state index in [0.29, 0.717) is 25.4 Å². The SMILES string of the molecule is Cc1nnc(SCC(=O)N2CCOC(C)C2)s1. The van der Waals surface area contributed by atoms with Crippen LogP contribution in [0.15, 0.2) is 4.34 Å². The molecule has 0 spiro atoms. The van der Waals surface area contributed by atoms with Gasteiger partial charge in [0.1, 0.15) is 5.01 Å². The van der Waals surface area contributed by atoms with E-state index in [4.69, 9.17) is 4.74 Å². The molecule has 5 nitrogen and oxygen atoms in total. The van der Waals surface area contributed by atoms with E-state index in [1.54, 1.807) is 0 Å². The fraction of sp³-hybridized carbons (Fsp3) is 0.700. The Kier molecular flexibility index (Phi) is 4.36. The number of thioether (sulfide) groups is 1. The van der Waals surface area contributed by atoms with Crippen molar-refractivity contribution in [3.8, 4) is 0 Å². The van der Waals surface area contributed by atoms with Gasteiger partial charge < -0.3 is 9.64 Å². The Bertz CT molecular complexity index is 397. The Morgan fingerprint density at radius 2 is 2.47 bits per heavy atom. The Labute approximate surface area is 109 Å². The molecule has 1 unspecified atom stereocenters. The number of carbonyl (C=O) groups is 1. The number of morpholine rings is 1. The first-order chi connectivity index (χ1) is 8.15. The molecule has 0 saturated carbocycles. The van der Waals surface area contributed by atoms with Crippen LogP contribution in [0, 0.1) is 6.92 Å². The van der Waals surface area contributed by atoms with E-state index in [9.17, 15) is 4.79 Å². The zero-order valence-electron chi connectivity index (χ0n) is 9.88. The van der Waals surface area contributed by atoms with Gasteiger partial charge in [0.2, 0.25) is 5.91 Å². The first-order valence-electron chi connectivity index (χ1n) is 5.47. The smallest absolute Gasteiger partial charge is 0.233 e. The van der Waals surface area contributed by atoms with Crippen molar-refractivity contribution in [1.29, 1.82) is 0 Å². The zero-order chi connectivity index (χ0) is 12.3. The second kappa shape index (κ2) is 5.79. The Balaban J connectivity index is 1.80. The highest BCUT2D eigenvalue weighted by Gasteiger charge is 2.21. The van der Waals surface area contributed by atoms with Crippen LogP contribution in [-0.2, 0) is 9.53 Å². The molecule has 0 aliphatic carbocycles. The molecule has 2 rings (SSSR count). The average molecular weight is 273 g/mol. The van der Waals surface area contributed by atoms with Crippen molar-refractivity contribution in [1.82, 2.24) is 15.1 Å². The number of nitrogens with zero attached hydrogens (tertiary/aromatic N) is 3. The van der Waals surface area contributed by atoms with E-state index in [2.05, 4.69) is 10.2 Å². The van der Waals surface area contributed by atoms with E-state index in [1.807, 2.05) is 18.7 Å². The summed E-state index contributed by atoms with van der Waals surface area (Å²) in [5.74, 6) is 0.583. The van der Waals surface area contributed by atoms with Crippen LogP contribution >= 0.6 is 23.1 Å². The minimum absolute atomic E-state index is 0.140. The number of rotatable bonds is 3. The fourth-order valence-corrected chi connectivity index (χ4v) is 3.31. The maximum absolute atomic E-state index is 11.9. The summed E-state index contributed by atoms with van der Waals surface area (Å²) >= 11 is 2.98.